The molecule has 0 bridgehead atoms. The Balaban J connectivity index is 1.25. The molecule has 3 heterocycles. The highest BCUT2D eigenvalue weighted by Crippen LogP contribution is 2.33. The maximum absolute atomic E-state index is 12.5. The van der Waals surface area contributed by atoms with Crippen molar-refractivity contribution in [3.05, 3.63) is 64.8 Å². The van der Waals surface area contributed by atoms with Crippen molar-refractivity contribution in [3.63, 3.8) is 0 Å². The number of nitrogens with one attached hydrogen (secondary N) is 2. The first-order valence-electron chi connectivity index (χ1n) is 10.5. The second-order valence-corrected chi connectivity index (χ2v) is 8.19. The third-order valence-corrected chi connectivity index (χ3v) is 6.39. The third kappa shape index (κ3) is 3.40. The van der Waals surface area contributed by atoms with E-state index in [9.17, 15) is 4.79 Å². The molecule has 29 heavy (non-hydrogen) atoms. The first kappa shape index (κ1) is 18.3. The molecule has 2 aliphatic heterocycles. The molecule has 2 aliphatic rings. The number of hydrogen-bond acceptors (Lipinski definition) is 3. The average molecular weight is 389 g/mol. The van der Waals surface area contributed by atoms with E-state index >= 15 is 0 Å². The number of ether oxygens (including phenoxy) is 1. The number of aromatic amines is 1. The van der Waals surface area contributed by atoms with Crippen LogP contribution in [0.4, 0.5) is 0 Å². The molecule has 1 unspecified atom stereocenters. The van der Waals surface area contributed by atoms with Crippen LogP contribution >= 0.6 is 0 Å². The number of para-hydroxylation sites is 1. The molecule has 0 radical (unpaired) electrons. The van der Waals surface area contributed by atoms with Crippen molar-refractivity contribution >= 4 is 16.8 Å². The van der Waals surface area contributed by atoms with Gasteiger partial charge in [0.15, 0.2) is 0 Å². The molecule has 0 saturated heterocycles. The Morgan fingerprint density at radius 1 is 1.21 bits per heavy atom. The second kappa shape index (κ2) is 7.56. The summed E-state index contributed by atoms with van der Waals surface area (Å²) in [5.41, 5.74) is 5.67. The number of nitrogens with zero attached hydrogens (tertiary/aromatic N) is 1. The molecule has 5 rings (SSSR count). The Labute approximate surface area is 171 Å². The number of H-pyrrole nitrogens is 1. The van der Waals surface area contributed by atoms with Crippen molar-refractivity contribution in [2.75, 3.05) is 26.7 Å². The molecule has 5 heteroatoms. The molecular formula is C24H27N3O2. The highest BCUT2D eigenvalue weighted by atomic mass is 16.5. The summed E-state index contributed by atoms with van der Waals surface area (Å²) >= 11 is 0. The van der Waals surface area contributed by atoms with Gasteiger partial charge in [-0.3, -0.25) is 9.69 Å². The lowest BCUT2D eigenvalue weighted by atomic mass is 9.89. The number of benzene rings is 2. The summed E-state index contributed by atoms with van der Waals surface area (Å²) in [6.07, 6.45) is 6.05. The van der Waals surface area contributed by atoms with E-state index in [2.05, 4.69) is 58.8 Å². The zero-order valence-corrected chi connectivity index (χ0v) is 16.8. The number of aryl methyl sites for hydroxylation is 1. The quantitative estimate of drug-likeness (QED) is 0.704. The highest BCUT2D eigenvalue weighted by molar-refractivity contribution is 5.99. The smallest absolute Gasteiger partial charge is 0.251 e. The monoisotopic (exact) mass is 389 g/mol. The molecule has 150 valence electrons. The van der Waals surface area contributed by atoms with Crippen LogP contribution in [0.3, 0.4) is 0 Å². The Hall–Kier alpha value is -2.79. The predicted molar refractivity (Wildman–Crippen MR) is 115 cm³/mol. The highest BCUT2D eigenvalue weighted by Gasteiger charge is 2.30. The van der Waals surface area contributed by atoms with Crippen LogP contribution in [0, 0.1) is 0 Å². The van der Waals surface area contributed by atoms with Crippen LogP contribution in [0.2, 0.25) is 0 Å². The van der Waals surface area contributed by atoms with Gasteiger partial charge in [0.25, 0.3) is 5.91 Å². The average Bonchev–Trinajstić information content (AvgIpc) is 3.16. The molecule has 0 fully saturated rings. The minimum atomic E-state index is 0.0503. The molecule has 2 N–H and O–H groups in total. The lowest BCUT2D eigenvalue weighted by Crippen LogP contribution is -2.43. The van der Waals surface area contributed by atoms with Crippen LogP contribution in [-0.4, -0.2) is 48.6 Å². The normalized spacial score (nSPS) is 18.3. The predicted octanol–water partition coefficient (Wildman–Crippen LogP) is 3.32. The van der Waals surface area contributed by atoms with Crippen molar-refractivity contribution in [2.24, 2.45) is 0 Å². The summed E-state index contributed by atoms with van der Waals surface area (Å²) in [4.78, 5) is 18.2. The molecule has 3 aromatic rings. The van der Waals surface area contributed by atoms with Crippen molar-refractivity contribution < 1.29 is 9.53 Å². The van der Waals surface area contributed by atoms with Gasteiger partial charge in [0.05, 0.1) is 0 Å². The fraction of sp³-hybridized carbons (Fsp3) is 0.375. The zero-order valence-electron chi connectivity index (χ0n) is 16.8. The Morgan fingerprint density at radius 3 is 3.03 bits per heavy atom. The van der Waals surface area contributed by atoms with Gasteiger partial charge in [-0.05, 0) is 62.5 Å². The molecule has 1 atom stereocenters. The topological polar surface area (TPSA) is 57.4 Å². The van der Waals surface area contributed by atoms with Gasteiger partial charge in [-0.1, -0.05) is 24.3 Å². The molecule has 1 amide bonds. The molecule has 0 saturated carbocycles. The standard InChI is InChI=1S/C24H27N3O2/c1-27(12-4-5-17-14-26-21-7-3-2-6-19(17)21)18-13-20-22(29-15-18)9-8-16-10-11-25-24(28)23(16)20/h2-3,6-9,14,18,26H,4-5,10-13,15H2,1H3,(H,25,28). The molecule has 1 aromatic heterocycles. The number of carbonyl (C=O) groups excluding carboxylic acids is 1. The van der Waals surface area contributed by atoms with Gasteiger partial charge in [-0.15, -0.1) is 0 Å². The van der Waals surface area contributed by atoms with Gasteiger partial charge >= 0.3 is 0 Å². The van der Waals surface area contributed by atoms with Crippen molar-refractivity contribution in [2.45, 2.75) is 31.7 Å². The van der Waals surface area contributed by atoms with Gasteiger partial charge in [-0.25, -0.2) is 0 Å². The van der Waals surface area contributed by atoms with Crippen molar-refractivity contribution in [1.29, 1.82) is 0 Å². The van der Waals surface area contributed by atoms with Gasteiger partial charge < -0.3 is 15.0 Å². The van der Waals surface area contributed by atoms with Crippen molar-refractivity contribution in [1.82, 2.24) is 15.2 Å². The zero-order chi connectivity index (χ0) is 19.8. The van der Waals surface area contributed by atoms with Crippen molar-refractivity contribution in [3.8, 4) is 5.75 Å². The first-order chi connectivity index (χ1) is 14.2. The largest absolute Gasteiger partial charge is 0.492 e. The van der Waals surface area contributed by atoms with Gasteiger partial charge in [0.1, 0.15) is 12.4 Å². The van der Waals surface area contributed by atoms with Crippen LogP contribution in [0.5, 0.6) is 5.75 Å². The lowest BCUT2D eigenvalue weighted by molar-refractivity contribution is 0.0939. The minimum Gasteiger partial charge on any atom is -0.492 e. The number of hydrogen-bond donors (Lipinski definition) is 2. The number of likely N-dealkylation sites (N-methyl/N-ethyl adjacent to an activating group) is 1. The number of carbonyl (C=O) groups is 1. The summed E-state index contributed by atoms with van der Waals surface area (Å²) < 4.78 is 6.05. The van der Waals surface area contributed by atoms with E-state index in [1.165, 1.54) is 16.5 Å². The van der Waals surface area contributed by atoms with E-state index < -0.39 is 0 Å². The van der Waals surface area contributed by atoms with Gasteiger partial charge in [-0.2, -0.15) is 0 Å². The Morgan fingerprint density at radius 2 is 2.10 bits per heavy atom. The SMILES string of the molecule is CN(CCCc1c[nH]c2ccccc12)C1COc2ccc3c(c2C1)C(=O)NCC3. The third-order valence-electron chi connectivity index (χ3n) is 6.39. The van der Waals surface area contributed by atoms with E-state index in [0.29, 0.717) is 12.6 Å². The number of aromatic nitrogens is 1. The molecular weight excluding hydrogens is 362 g/mol. The lowest BCUT2D eigenvalue weighted by Gasteiger charge is -2.34. The number of fused-ring (bicyclic) bond motifs is 4. The van der Waals surface area contributed by atoms with Crippen LogP contribution < -0.4 is 10.1 Å². The Bertz CT molecular complexity index is 1060. The minimum absolute atomic E-state index is 0.0503. The molecule has 5 nitrogen and oxygen atoms in total. The van der Waals surface area contributed by atoms with Gasteiger partial charge in [0.2, 0.25) is 0 Å². The van der Waals surface area contributed by atoms with Crippen LogP contribution in [0.1, 0.15) is 33.5 Å². The Kier molecular flexibility index (Phi) is 4.76. The maximum Gasteiger partial charge on any atom is 0.251 e. The second-order valence-electron chi connectivity index (χ2n) is 8.19. The fourth-order valence-corrected chi connectivity index (χ4v) is 4.71. The summed E-state index contributed by atoms with van der Waals surface area (Å²) in [6, 6.07) is 12.9. The van der Waals surface area contributed by atoms with Crippen LogP contribution in [0.15, 0.2) is 42.6 Å². The fourth-order valence-electron chi connectivity index (χ4n) is 4.71. The summed E-state index contributed by atoms with van der Waals surface area (Å²) in [5, 5.41) is 4.31. The maximum atomic E-state index is 12.5. The summed E-state index contributed by atoms with van der Waals surface area (Å²) in [6.45, 7) is 2.41. The van der Waals surface area contributed by atoms with E-state index in [0.717, 1.165) is 61.2 Å². The van der Waals surface area contributed by atoms with Crippen LogP contribution in [0.25, 0.3) is 10.9 Å². The van der Waals surface area contributed by atoms with Gasteiger partial charge in [0, 0.05) is 40.8 Å². The van der Waals surface area contributed by atoms with E-state index in [1.807, 2.05) is 6.07 Å². The molecule has 2 aromatic carbocycles. The van der Waals surface area contributed by atoms with Crippen LogP contribution in [-0.2, 0) is 19.3 Å². The number of amides is 1. The summed E-state index contributed by atoms with van der Waals surface area (Å²) in [5.74, 6) is 0.929. The van der Waals surface area contributed by atoms with E-state index in [4.69, 9.17) is 4.74 Å². The molecule has 0 spiro atoms. The summed E-state index contributed by atoms with van der Waals surface area (Å²) in [7, 11) is 2.17. The van der Waals surface area contributed by atoms with E-state index in [-0.39, 0.29) is 5.91 Å². The first-order valence-corrected chi connectivity index (χ1v) is 10.5. The number of rotatable bonds is 5. The molecule has 0 aliphatic carbocycles. The van der Waals surface area contributed by atoms with E-state index in [1.54, 1.807) is 0 Å².